The van der Waals surface area contributed by atoms with E-state index in [0.29, 0.717) is 26.2 Å². The van der Waals surface area contributed by atoms with Crippen molar-refractivity contribution in [2.45, 2.75) is 39.9 Å². The lowest BCUT2D eigenvalue weighted by atomic mass is 10.0. The quantitative estimate of drug-likeness (QED) is 0.383. The maximum Gasteiger partial charge on any atom is 0.256 e. The molecule has 1 heterocycles. The number of amides is 2. The number of nitrogens with zero attached hydrogens (tertiary/aromatic N) is 3. The summed E-state index contributed by atoms with van der Waals surface area (Å²) in [4.78, 5) is 28.2. The van der Waals surface area contributed by atoms with Crippen LogP contribution in [0.2, 0.25) is 0 Å². The van der Waals surface area contributed by atoms with E-state index in [9.17, 15) is 14.0 Å². The molecule has 1 aliphatic heterocycles. The van der Waals surface area contributed by atoms with Gasteiger partial charge < -0.3 is 15.5 Å². The van der Waals surface area contributed by atoms with Crippen LogP contribution in [0.15, 0.2) is 66.7 Å². The van der Waals surface area contributed by atoms with Crippen molar-refractivity contribution in [1.82, 2.24) is 20.2 Å². The molecule has 0 bridgehead atoms. The van der Waals surface area contributed by atoms with Gasteiger partial charge in [0.2, 0.25) is 5.91 Å². The van der Waals surface area contributed by atoms with Crippen LogP contribution in [-0.4, -0.2) is 66.0 Å². The highest BCUT2D eigenvalue weighted by molar-refractivity contribution is 5.87. The first-order valence-electron chi connectivity index (χ1n) is 13.4. The summed E-state index contributed by atoms with van der Waals surface area (Å²) in [5.41, 5.74) is 5.82. The fourth-order valence-corrected chi connectivity index (χ4v) is 4.67. The van der Waals surface area contributed by atoms with Crippen LogP contribution in [0.5, 0.6) is 0 Å². The number of anilines is 1. The summed E-state index contributed by atoms with van der Waals surface area (Å²) in [7, 11) is 1.77. The predicted molar refractivity (Wildman–Crippen MR) is 153 cm³/mol. The molecule has 2 N–H and O–H groups in total. The summed E-state index contributed by atoms with van der Waals surface area (Å²) >= 11 is 0. The highest BCUT2D eigenvalue weighted by Crippen LogP contribution is 2.26. The predicted octanol–water partition coefficient (Wildman–Crippen LogP) is 4.43. The third kappa shape index (κ3) is 7.43. The number of nitrogens with one attached hydrogen (secondary N) is 2. The number of rotatable bonds is 11. The number of halogens is 1. The smallest absolute Gasteiger partial charge is 0.256 e. The second-order valence-electron chi connectivity index (χ2n) is 10.3. The van der Waals surface area contributed by atoms with Crippen LogP contribution in [0.3, 0.4) is 0 Å². The number of likely N-dealkylation sites (N-methyl/N-ethyl adjacent to an activating group) is 1. The van der Waals surface area contributed by atoms with Crippen molar-refractivity contribution in [3.05, 3.63) is 89.2 Å². The van der Waals surface area contributed by atoms with Gasteiger partial charge in [-0.15, -0.1) is 0 Å². The van der Waals surface area contributed by atoms with E-state index >= 15 is 0 Å². The number of carbonyl (C=O) groups is 2. The molecule has 0 aromatic heterocycles. The molecule has 8 heteroatoms. The third-order valence-electron chi connectivity index (χ3n) is 7.05. The average Bonchev–Trinajstić information content (AvgIpc) is 3.35. The highest BCUT2D eigenvalue weighted by atomic mass is 19.1. The third-order valence-corrected chi connectivity index (χ3v) is 7.05. The molecule has 4 rings (SSSR count). The molecule has 0 aliphatic carbocycles. The summed E-state index contributed by atoms with van der Waals surface area (Å²) in [5, 5.41) is 10.2. The van der Waals surface area contributed by atoms with Crippen molar-refractivity contribution < 1.29 is 14.0 Å². The first-order valence-corrected chi connectivity index (χ1v) is 13.4. The monoisotopic (exact) mass is 531 g/mol. The number of benzene rings is 3. The molecular formula is C31H38FN5O2. The fourth-order valence-electron chi connectivity index (χ4n) is 4.67. The van der Waals surface area contributed by atoms with Crippen LogP contribution in [0.25, 0.3) is 11.1 Å². The van der Waals surface area contributed by atoms with Crippen LogP contribution in [0.1, 0.15) is 30.5 Å². The molecule has 0 saturated heterocycles. The van der Waals surface area contributed by atoms with Crippen molar-refractivity contribution in [3.63, 3.8) is 0 Å². The maximum atomic E-state index is 13.8. The largest absolute Gasteiger partial charge is 0.376 e. The van der Waals surface area contributed by atoms with Crippen molar-refractivity contribution >= 4 is 17.5 Å². The topological polar surface area (TPSA) is 67.9 Å². The summed E-state index contributed by atoms with van der Waals surface area (Å²) in [6, 6.07) is 20.7. The molecule has 0 radical (unpaired) electrons. The molecule has 0 saturated carbocycles. The van der Waals surface area contributed by atoms with Crippen molar-refractivity contribution in [1.29, 1.82) is 0 Å². The Morgan fingerprint density at radius 2 is 1.64 bits per heavy atom. The molecule has 0 spiro atoms. The van der Waals surface area contributed by atoms with Gasteiger partial charge in [-0.2, -0.15) is 0 Å². The maximum absolute atomic E-state index is 13.8. The Morgan fingerprint density at radius 3 is 2.31 bits per heavy atom. The van der Waals surface area contributed by atoms with Gasteiger partial charge in [0.05, 0.1) is 6.54 Å². The summed E-state index contributed by atoms with van der Waals surface area (Å²) in [6.45, 7) is 8.43. The second kappa shape index (κ2) is 12.9. The van der Waals surface area contributed by atoms with Gasteiger partial charge in [-0.25, -0.2) is 9.40 Å². The number of hydrogen-bond donors (Lipinski definition) is 2. The minimum absolute atomic E-state index is 0.00799. The standard InChI is InChI=1S/C31H38FN5O2/c1-22(2)33-14-15-36(21-31(39)35(4)37-19-26-8-5-6-9-27(26)20-37)30(38)18-34-29-17-25(13-12-23(29)3)24-10-7-11-28(32)16-24/h5-13,16-17,22,33-34H,14-15,18-21H2,1-4H3. The molecule has 3 aromatic rings. The Bertz CT molecular complexity index is 1290. The zero-order valence-electron chi connectivity index (χ0n) is 23.2. The second-order valence-corrected chi connectivity index (χ2v) is 10.3. The number of hydrogen-bond acceptors (Lipinski definition) is 5. The number of fused-ring (bicyclic) bond motifs is 1. The lowest BCUT2D eigenvalue weighted by molar-refractivity contribution is -0.151. The summed E-state index contributed by atoms with van der Waals surface area (Å²) in [5.74, 6) is -0.594. The van der Waals surface area contributed by atoms with Gasteiger partial charge in [-0.1, -0.05) is 62.4 Å². The van der Waals surface area contributed by atoms with Crippen LogP contribution in [-0.2, 0) is 22.7 Å². The van der Waals surface area contributed by atoms with Crippen molar-refractivity contribution in [2.75, 3.05) is 38.5 Å². The van der Waals surface area contributed by atoms with Gasteiger partial charge in [-0.05, 0) is 52.9 Å². The van der Waals surface area contributed by atoms with Gasteiger partial charge in [0.25, 0.3) is 5.91 Å². The van der Waals surface area contributed by atoms with Gasteiger partial charge in [0.15, 0.2) is 0 Å². The van der Waals surface area contributed by atoms with Gasteiger partial charge in [0, 0.05) is 45.0 Å². The molecule has 0 atom stereocenters. The van der Waals surface area contributed by atoms with Crippen LogP contribution >= 0.6 is 0 Å². The molecule has 0 fully saturated rings. The van der Waals surface area contributed by atoms with Crippen LogP contribution < -0.4 is 10.6 Å². The number of hydrazine groups is 1. The lowest BCUT2D eigenvalue weighted by Gasteiger charge is -2.31. The molecule has 39 heavy (non-hydrogen) atoms. The van der Waals surface area contributed by atoms with Crippen LogP contribution in [0, 0.1) is 12.7 Å². The molecule has 1 aliphatic rings. The van der Waals surface area contributed by atoms with Crippen LogP contribution in [0.4, 0.5) is 10.1 Å². The van der Waals surface area contributed by atoms with E-state index in [4.69, 9.17) is 0 Å². The van der Waals surface area contributed by atoms with E-state index < -0.39 is 0 Å². The van der Waals surface area contributed by atoms with E-state index in [-0.39, 0.29) is 36.8 Å². The Balaban J connectivity index is 1.41. The van der Waals surface area contributed by atoms with Gasteiger partial charge in [0.1, 0.15) is 12.4 Å². The molecule has 206 valence electrons. The highest BCUT2D eigenvalue weighted by Gasteiger charge is 2.27. The summed E-state index contributed by atoms with van der Waals surface area (Å²) in [6.07, 6.45) is 0. The van der Waals surface area contributed by atoms with E-state index in [1.165, 1.54) is 23.3 Å². The Kier molecular flexibility index (Phi) is 9.32. The molecule has 3 aromatic carbocycles. The first kappa shape index (κ1) is 28.3. The zero-order valence-corrected chi connectivity index (χ0v) is 23.2. The number of aryl methyl sites for hydroxylation is 1. The van der Waals surface area contributed by atoms with Gasteiger partial charge in [-0.3, -0.25) is 14.6 Å². The Labute approximate surface area is 230 Å². The minimum atomic E-state index is -0.296. The normalized spacial score (nSPS) is 12.9. The minimum Gasteiger partial charge on any atom is -0.376 e. The molecular weight excluding hydrogens is 493 g/mol. The summed E-state index contributed by atoms with van der Waals surface area (Å²) < 4.78 is 13.8. The first-order chi connectivity index (χ1) is 18.7. The Hall–Kier alpha value is -3.75. The van der Waals surface area contributed by atoms with E-state index in [1.54, 1.807) is 23.0 Å². The van der Waals surface area contributed by atoms with Gasteiger partial charge >= 0.3 is 0 Å². The van der Waals surface area contributed by atoms with E-state index in [1.807, 2.05) is 62.2 Å². The SMILES string of the molecule is Cc1ccc(-c2cccc(F)c2)cc1NCC(=O)N(CCNC(C)C)CC(=O)N(C)N1Cc2ccccc2C1. The molecule has 7 nitrogen and oxygen atoms in total. The molecule has 2 amide bonds. The number of carbonyl (C=O) groups excluding carboxylic acids is 2. The van der Waals surface area contributed by atoms with E-state index in [0.717, 1.165) is 22.4 Å². The molecule has 0 unspecified atom stereocenters. The van der Waals surface area contributed by atoms with Crippen molar-refractivity contribution in [2.24, 2.45) is 0 Å². The van der Waals surface area contributed by atoms with Crippen molar-refractivity contribution in [3.8, 4) is 11.1 Å². The lowest BCUT2D eigenvalue weighted by Crippen LogP contribution is -2.49. The zero-order chi connectivity index (χ0) is 27.9. The fraction of sp³-hybridized carbons (Fsp3) is 0.355. The average molecular weight is 532 g/mol. The van der Waals surface area contributed by atoms with E-state index in [2.05, 4.69) is 22.8 Å². The Morgan fingerprint density at radius 1 is 0.949 bits per heavy atom.